The molecule has 0 saturated carbocycles. The van der Waals surface area contributed by atoms with E-state index < -0.39 is 0 Å². The number of nitrogens with one attached hydrogen (secondary N) is 1. The van der Waals surface area contributed by atoms with E-state index in [4.69, 9.17) is 0 Å². The Labute approximate surface area is 135 Å². The Morgan fingerprint density at radius 3 is 2.67 bits per heavy atom. The van der Waals surface area contributed by atoms with Gasteiger partial charge in [-0.15, -0.1) is 10.2 Å². The van der Waals surface area contributed by atoms with Gasteiger partial charge in [-0.3, -0.25) is 0 Å². The highest BCUT2D eigenvalue weighted by Crippen LogP contribution is 2.34. The number of hydrogen-bond acceptors (Lipinski definition) is 6. The minimum atomic E-state index is 0.663. The molecule has 114 valence electrons. The third-order valence-corrected chi connectivity index (χ3v) is 5.08. The molecule has 21 heavy (non-hydrogen) atoms. The van der Waals surface area contributed by atoms with Crippen LogP contribution in [0.15, 0.2) is 33.5 Å². The zero-order valence-corrected chi connectivity index (χ0v) is 14.6. The van der Waals surface area contributed by atoms with Crippen molar-refractivity contribution in [2.24, 2.45) is 5.92 Å². The standard InChI is InChI=1S/C15H22N4S2/c1-11(2)9-16-10-12-7-5-6-8-13(12)20-15-18-17-14(21-15)19(3)4/h5-8,11,16H,9-10H2,1-4H3. The third kappa shape index (κ3) is 4.98. The molecule has 0 aliphatic rings. The van der Waals surface area contributed by atoms with E-state index in [1.165, 1.54) is 10.5 Å². The van der Waals surface area contributed by atoms with E-state index in [0.717, 1.165) is 22.6 Å². The second-order valence-corrected chi connectivity index (χ2v) is 7.72. The van der Waals surface area contributed by atoms with Gasteiger partial charge in [-0.2, -0.15) is 0 Å². The lowest BCUT2D eigenvalue weighted by molar-refractivity contribution is 0.550. The summed E-state index contributed by atoms with van der Waals surface area (Å²) in [5, 5.41) is 12.9. The van der Waals surface area contributed by atoms with Crippen LogP contribution in [0.3, 0.4) is 0 Å². The van der Waals surface area contributed by atoms with Crippen molar-refractivity contribution in [3.8, 4) is 0 Å². The fourth-order valence-electron chi connectivity index (χ4n) is 1.76. The minimum Gasteiger partial charge on any atom is -0.353 e. The molecular formula is C15H22N4S2. The molecule has 0 saturated heterocycles. The summed E-state index contributed by atoms with van der Waals surface area (Å²) in [6.45, 7) is 6.36. The van der Waals surface area contributed by atoms with Crippen molar-refractivity contribution in [3.05, 3.63) is 29.8 Å². The van der Waals surface area contributed by atoms with Crippen LogP contribution in [0.25, 0.3) is 0 Å². The van der Waals surface area contributed by atoms with Gasteiger partial charge in [0.05, 0.1) is 0 Å². The monoisotopic (exact) mass is 322 g/mol. The van der Waals surface area contributed by atoms with Gasteiger partial charge in [-0.05, 0) is 24.1 Å². The quantitative estimate of drug-likeness (QED) is 0.845. The Balaban J connectivity index is 2.04. The van der Waals surface area contributed by atoms with Crippen LogP contribution in [-0.2, 0) is 6.54 Å². The summed E-state index contributed by atoms with van der Waals surface area (Å²) in [4.78, 5) is 3.23. The predicted molar refractivity (Wildman–Crippen MR) is 91.3 cm³/mol. The highest BCUT2D eigenvalue weighted by atomic mass is 32.2. The Kier molecular flexibility index (Phi) is 6.02. The maximum atomic E-state index is 4.25. The zero-order chi connectivity index (χ0) is 15.2. The summed E-state index contributed by atoms with van der Waals surface area (Å²) in [5.74, 6) is 0.663. The summed E-state index contributed by atoms with van der Waals surface area (Å²) in [5.41, 5.74) is 1.31. The summed E-state index contributed by atoms with van der Waals surface area (Å²) in [7, 11) is 3.97. The van der Waals surface area contributed by atoms with Gasteiger partial charge in [0.25, 0.3) is 0 Å². The molecule has 4 nitrogen and oxygen atoms in total. The van der Waals surface area contributed by atoms with Crippen molar-refractivity contribution in [3.63, 3.8) is 0 Å². The minimum absolute atomic E-state index is 0.663. The number of aromatic nitrogens is 2. The van der Waals surface area contributed by atoms with Crippen molar-refractivity contribution in [1.29, 1.82) is 0 Å². The van der Waals surface area contributed by atoms with Crippen LogP contribution in [-0.4, -0.2) is 30.8 Å². The average molecular weight is 323 g/mol. The molecule has 0 aliphatic heterocycles. The molecule has 0 atom stereocenters. The maximum absolute atomic E-state index is 4.25. The number of benzene rings is 1. The smallest absolute Gasteiger partial charge is 0.208 e. The SMILES string of the molecule is CC(C)CNCc1ccccc1Sc1nnc(N(C)C)s1. The van der Waals surface area contributed by atoms with E-state index >= 15 is 0 Å². The van der Waals surface area contributed by atoms with E-state index in [0.29, 0.717) is 5.92 Å². The van der Waals surface area contributed by atoms with E-state index in [1.54, 1.807) is 23.1 Å². The van der Waals surface area contributed by atoms with Crippen molar-refractivity contribution in [2.45, 2.75) is 29.6 Å². The Morgan fingerprint density at radius 1 is 1.24 bits per heavy atom. The van der Waals surface area contributed by atoms with Crippen LogP contribution in [0, 0.1) is 5.92 Å². The second-order valence-electron chi connectivity index (χ2n) is 5.48. The molecule has 1 N–H and O–H groups in total. The summed E-state index contributed by atoms with van der Waals surface area (Å²) in [6, 6.07) is 8.47. The van der Waals surface area contributed by atoms with Gasteiger partial charge in [-0.1, -0.05) is 55.1 Å². The van der Waals surface area contributed by atoms with Gasteiger partial charge in [0, 0.05) is 25.5 Å². The lowest BCUT2D eigenvalue weighted by Gasteiger charge is -2.10. The molecule has 0 aliphatic carbocycles. The highest BCUT2D eigenvalue weighted by Gasteiger charge is 2.10. The molecular weight excluding hydrogens is 300 g/mol. The number of rotatable bonds is 7. The van der Waals surface area contributed by atoms with Crippen LogP contribution in [0.2, 0.25) is 0 Å². The molecule has 2 rings (SSSR count). The Bertz CT molecular complexity index is 566. The van der Waals surface area contributed by atoms with Gasteiger partial charge in [0.2, 0.25) is 5.13 Å². The predicted octanol–water partition coefficient (Wildman–Crippen LogP) is 3.50. The van der Waals surface area contributed by atoms with Crippen molar-refractivity contribution >= 4 is 28.2 Å². The number of nitrogens with zero attached hydrogens (tertiary/aromatic N) is 3. The fourth-order valence-corrected chi connectivity index (χ4v) is 3.61. The van der Waals surface area contributed by atoms with Gasteiger partial charge in [0.15, 0.2) is 4.34 Å². The van der Waals surface area contributed by atoms with Crippen molar-refractivity contribution in [2.75, 3.05) is 25.5 Å². The van der Waals surface area contributed by atoms with E-state index in [9.17, 15) is 0 Å². The highest BCUT2D eigenvalue weighted by molar-refractivity contribution is 8.01. The molecule has 0 unspecified atom stereocenters. The maximum Gasteiger partial charge on any atom is 0.208 e. The van der Waals surface area contributed by atoms with Gasteiger partial charge in [0.1, 0.15) is 0 Å². The van der Waals surface area contributed by atoms with Crippen molar-refractivity contribution < 1.29 is 0 Å². The van der Waals surface area contributed by atoms with E-state index in [-0.39, 0.29) is 0 Å². The zero-order valence-electron chi connectivity index (χ0n) is 13.0. The van der Waals surface area contributed by atoms with Crippen LogP contribution < -0.4 is 10.2 Å². The average Bonchev–Trinajstić information content (AvgIpc) is 2.89. The summed E-state index contributed by atoms with van der Waals surface area (Å²) >= 11 is 3.31. The normalized spacial score (nSPS) is 11.1. The van der Waals surface area contributed by atoms with Crippen LogP contribution >= 0.6 is 23.1 Å². The van der Waals surface area contributed by atoms with Gasteiger partial charge >= 0.3 is 0 Å². The molecule has 2 aromatic rings. The molecule has 0 spiro atoms. The van der Waals surface area contributed by atoms with Crippen molar-refractivity contribution in [1.82, 2.24) is 15.5 Å². The Hall–Kier alpha value is -1.11. The van der Waals surface area contributed by atoms with E-state index in [1.807, 2.05) is 19.0 Å². The van der Waals surface area contributed by atoms with Gasteiger partial charge < -0.3 is 10.2 Å². The lowest BCUT2D eigenvalue weighted by atomic mass is 10.2. The topological polar surface area (TPSA) is 41.1 Å². The lowest BCUT2D eigenvalue weighted by Crippen LogP contribution is -2.19. The molecule has 0 radical (unpaired) electrons. The number of anilines is 1. The second kappa shape index (κ2) is 7.77. The fraction of sp³-hybridized carbons (Fsp3) is 0.467. The molecule has 1 aromatic carbocycles. The van der Waals surface area contributed by atoms with E-state index in [2.05, 4.69) is 53.6 Å². The van der Waals surface area contributed by atoms with Crippen LogP contribution in [0.5, 0.6) is 0 Å². The molecule has 6 heteroatoms. The largest absolute Gasteiger partial charge is 0.353 e. The Morgan fingerprint density at radius 2 is 2.00 bits per heavy atom. The first-order chi connectivity index (χ1) is 10.1. The van der Waals surface area contributed by atoms with Crippen LogP contribution in [0.4, 0.5) is 5.13 Å². The number of hydrogen-bond donors (Lipinski definition) is 1. The molecule has 0 bridgehead atoms. The summed E-state index contributed by atoms with van der Waals surface area (Å²) in [6.07, 6.45) is 0. The van der Waals surface area contributed by atoms with Gasteiger partial charge in [-0.25, -0.2) is 0 Å². The molecule has 0 amide bonds. The van der Waals surface area contributed by atoms with Crippen LogP contribution in [0.1, 0.15) is 19.4 Å². The third-order valence-electron chi connectivity index (χ3n) is 2.82. The first-order valence-electron chi connectivity index (χ1n) is 7.03. The first-order valence-corrected chi connectivity index (χ1v) is 8.67. The molecule has 1 aromatic heterocycles. The molecule has 1 heterocycles. The molecule has 0 fully saturated rings. The first kappa shape index (κ1) is 16.3. The summed E-state index contributed by atoms with van der Waals surface area (Å²) < 4.78 is 0.981.